The van der Waals surface area contributed by atoms with Crippen molar-refractivity contribution in [2.75, 3.05) is 19.6 Å². The molecule has 0 aliphatic carbocycles. The topological polar surface area (TPSA) is 54.0 Å². The Morgan fingerprint density at radius 1 is 1.46 bits per heavy atom. The summed E-state index contributed by atoms with van der Waals surface area (Å²) in [4.78, 5) is 19.2. The van der Waals surface area contributed by atoms with Crippen LogP contribution in [0.4, 0.5) is 0 Å². The van der Waals surface area contributed by atoms with Gasteiger partial charge in [-0.15, -0.1) is 35.1 Å². The predicted molar refractivity (Wildman–Crippen MR) is 114 cm³/mol. The molecule has 144 valence electrons. The summed E-state index contributed by atoms with van der Waals surface area (Å²) in [6.07, 6.45) is 4.00. The lowest BCUT2D eigenvalue weighted by Crippen LogP contribution is -2.35. The molecule has 1 amide bonds. The van der Waals surface area contributed by atoms with Gasteiger partial charge in [0.1, 0.15) is 0 Å². The molecule has 7 heteroatoms. The molecule has 26 heavy (non-hydrogen) atoms. The minimum Gasteiger partial charge on any atom is -0.356 e. The number of piperidine rings is 1. The first-order valence-electron chi connectivity index (χ1n) is 9.10. The summed E-state index contributed by atoms with van der Waals surface area (Å²) in [5.41, 5.74) is 1.07. The Kier molecular flexibility index (Phi) is 8.54. The van der Waals surface area contributed by atoms with E-state index in [1.165, 1.54) is 22.6 Å². The Labute approximate surface area is 170 Å². The molecule has 0 saturated carbocycles. The van der Waals surface area contributed by atoms with Gasteiger partial charge in [0.25, 0.3) is 0 Å². The quantitative estimate of drug-likeness (QED) is 0.711. The molecule has 2 aromatic rings. The van der Waals surface area contributed by atoms with Gasteiger partial charge < -0.3 is 10.6 Å². The van der Waals surface area contributed by atoms with Crippen molar-refractivity contribution in [3.63, 3.8) is 0 Å². The highest BCUT2D eigenvalue weighted by molar-refractivity contribution is 7.16. The number of hydrogen-bond donors (Lipinski definition) is 2. The van der Waals surface area contributed by atoms with Gasteiger partial charge in [0.05, 0.1) is 15.6 Å². The number of carbonyl (C=O) groups excluding carboxylic acids is 1. The second kappa shape index (κ2) is 10.4. The van der Waals surface area contributed by atoms with Gasteiger partial charge in [-0.25, -0.2) is 4.98 Å². The second-order valence-electron chi connectivity index (χ2n) is 6.91. The Morgan fingerprint density at radius 3 is 3.00 bits per heavy atom. The number of amides is 1. The van der Waals surface area contributed by atoms with Crippen molar-refractivity contribution in [2.24, 2.45) is 11.8 Å². The number of carbonyl (C=O) groups is 1. The van der Waals surface area contributed by atoms with Gasteiger partial charge in [0, 0.05) is 23.2 Å². The van der Waals surface area contributed by atoms with Crippen LogP contribution in [-0.4, -0.2) is 30.5 Å². The number of nitrogens with one attached hydrogen (secondary N) is 2. The Bertz CT molecular complexity index is 695. The molecule has 0 aromatic carbocycles. The number of rotatable bonds is 7. The monoisotopic (exact) mass is 413 g/mol. The van der Waals surface area contributed by atoms with Crippen molar-refractivity contribution in [1.82, 2.24) is 15.6 Å². The molecule has 4 nitrogen and oxygen atoms in total. The van der Waals surface area contributed by atoms with Gasteiger partial charge >= 0.3 is 0 Å². The lowest BCUT2D eigenvalue weighted by Gasteiger charge is -2.28. The molecule has 0 radical (unpaired) electrons. The SMILES string of the molecule is Cc1nc(-c2ccc(CCNC(=O)CC(C)C3CCCNC3)s2)cs1.Cl. The minimum atomic E-state index is 0. The Hall–Kier alpha value is -0.950. The van der Waals surface area contributed by atoms with Crippen LogP contribution >= 0.6 is 35.1 Å². The highest BCUT2D eigenvalue weighted by Gasteiger charge is 2.21. The molecule has 0 spiro atoms. The van der Waals surface area contributed by atoms with Crippen LogP contribution in [0.25, 0.3) is 10.6 Å². The fourth-order valence-corrected chi connectivity index (χ4v) is 5.00. The lowest BCUT2D eigenvalue weighted by molar-refractivity contribution is -0.122. The molecule has 3 rings (SSSR count). The van der Waals surface area contributed by atoms with Crippen molar-refractivity contribution >= 4 is 41.0 Å². The summed E-state index contributed by atoms with van der Waals surface area (Å²) in [5, 5.41) is 9.73. The summed E-state index contributed by atoms with van der Waals surface area (Å²) in [6.45, 7) is 7.13. The van der Waals surface area contributed by atoms with Crippen LogP contribution in [0.2, 0.25) is 0 Å². The molecule has 2 atom stereocenters. The van der Waals surface area contributed by atoms with Crippen molar-refractivity contribution in [1.29, 1.82) is 0 Å². The van der Waals surface area contributed by atoms with Crippen LogP contribution in [0.5, 0.6) is 0 Å². The third kappa shape index (κ3) is 6.05. The summed E-state index contributed by atoms with van der Waals surface area (Å²) in [7, 11) is 0. The second-order valence-corrected chi connectivity index (χ2v) is 9.14. The molecule has 2 N–H and O–H groups in total. The van der Waals surface area contributed by atoms with Gasteiger partial charge in [0.15, 0.2) is 0 Å². The zero-order valence-corrected chi connectivity index (χ0v) is 17.9. The van der Waals surface area contributed by atoms with E-state index in [1.807, 2.05) is 6.92 Å². The van der Waals surface area contributed by atoms with Crippen LogP contribution in [0.1, 0.15) is 36.1 Å². The number of thiophene rings is 1. The number of nitrogens with zero attached hydrogens (tertiary/aromatic N) is 1. The fourth-order valence-electron chi connectivity index (χ4n) is 3.35. The molecular weight excluding hydrogens is 386 g/mol. The lowest BCUT2D eigenvalue weighted by atomic mass is 9.85. The van der Waals surface area contributed by atoms with Gasteiger partial charge in [0.2, 0.25) is 5.91 Å². The first-order chi connectivity index (χ1) is 12.1. The van der Waals surface area contributed by atoms with Gasteiger partial charge in [-0.05, 0) is 63.2 Å². The smallest absolute Gasteiger partial charge is 0.220 e. The van der Waals surface area contributed by atoms with Crippen molar-refractivity contribution in [2.45, 2.75) is 39.5 Å². The fraction of sp³-hybridized carbons (Fsp3) is 0.579. The highest BCUT2D eigenvalue weighted by Crippen LogP contribution is 2.29. The summed E-state index contributed by atoms with van der Waals surface area (Å²) >= 11 is 3.45. The minimum absolute atomic E-state index is 0. The number of aromatic nitrogens is 1. The maximum absolute atomic E-state index is 12.2. The third-order valence-corrected chi connectivity index (χ3v) is 6.81. The van der Waals surface area contributed by atoms with Crippen LogP contribution in [0.15, 0.2) is 17.5 Å². The molecule has 2 aromatic heterocycles. The zero-order valence-electron chi connectivity index (χ0n) is 15.4. The van der Waals surface area contributed by atoms with E-state index < -0.39 is 0 Å². The molecule has 1 fully saturated rings. The van der Waals surface area contributed by atoms with E-state index in [1.54, 1.807) is 22.7 Å². The molecule has 1 aliphatic heterocycles. The molecule has 2 unspecified atom stereocenters. The molecule has 1 saturated heterocycles. The standard InChI is InChI=1S/C19H27N3OS2.ClH/c1-13(15-4-3-8-20-11-15)10-19(23)21-9-7-16-5-6-18(25-16)17-12-24-14(2)22-17;/h5-6,12-13,15,20H,3-4,7-11H2,1-2H3,(H,21,23);1H. The summed E-state index contributed by atoms with van der Waals surface area (Å²) < 4.78 is 0. The van der Waals surface area contributed by atoms with Gasteiger partial charge in [-0.2, -0.15) is 0 Å². The summed E-state index contributed by atoms with van der Waals surface area (Å²) in [5.74, 6) is 1.28. The van der Waals surface area contributed by atoms with E-state index in [0.717, 1.165) is 30.2 Å². The summed E-state index contributed by atoms with van der Waals surface area (Å²) in [6, 6.07) is 4.28. The van der Waals surface area contributed by atoms with Crippen LogP contribution in [0, 0.1) is 18.8 Å². The third-order valence-electron chi connectivity index (χ3n) is 4.87. The molecule has 1 aliphatic rings. The first-order valence-corrected chi connectivity index (χ1v) is 10.8. The average molecular weight is 414 g/mol. The van der Waals surface area contributed by atoms with Crippen molar-refractivity contribution < 1.29 is 4.79 Å². The Morgan fingerprint density at radius 2 is 2.31 bits per heavy atom. The van der Waals surface area contributed by atoms with Crippen molar-refractivity contribution in [3.05, 3.63) is 27.4 Å². The van der Waals surface area contributed by atoms with E-state index in [2.05, 4.69) is 40.1 Å². The maximum atomic E-state index is 12.2. The van der Waals surface area contributed by atoms with E-state index in [0.29, 0.717) is 24.8 Å². The van der Waals surface area contributed by atoms with E-state index in [4.69, 9.17) is 0 Å². The molecule has 0 bridgehead atoms. The molecule has 3 heterocycles. The molecular formula is C19H28ClN3OS2. The predicted octanol–water partition coefficient (Wildman–Crippen LogP) is 4.29. The van der Waals surface area contributed by atoms with Gasteiger partial charge in [-0.1, -0.05) is 6.92 Å². The first kappa shape index (κ1) is 21.4. The van der Waals surface area contributed by atoms with E-state index in [9.17, 15) is 4.79 Å². The number of thiazole rings is 1. The highest BCUT2D eigenvalue weighted by atomic mass is 35.5. The normalized spacial score (nSPS) is 18.2. The van der Waals surface area contributed by atoms with Crippen LogP contribution < -0.4 is 10.6 Å². The van der Waals surface area contributed by atoms with Gasteiger partial charge in [-0.3, -0.25) is 4.79 Å². The maximum Gasteiger partial charge on any atom is 0.220 e. The average Bonchev–Trinajstić information content (AvgIpc) is 3.24. The largest absolute Gasteiger partial charge is 0.356 e. The van der Waals surface area contributed by atoms with Crippen molar-refractivity contribution in [3.8, 4) is 10.6 Å². The zero-order chi connectivity index (χ0) is 17.6. The number of aryl methyl sites for hydroxylation is 1. The Balaban J connectivity index is 0.00000243. The number of hydrogen-bond acceptors (Lipinski definition) is 5. The van der Waals surface area contributed by atoms with Crippen LogP contribution in [0.3, 0.4) is 0 Å². The van der Waals surface area contributed by atoms with E-state index >= 15 is 0 Å². The number of halogens is 1. The van der Waals surface area contributed by atoms with Crippen LogP contribution in [-0.2, 0) is 11.2 Å². The van der Waals surface area contributed by atoms with E-state index in [-0.39, 0.29) is 18.3 Å².